The molecule has 1 fully saturated rings. The van der Waals surface area contributed by atoms with Crippen LogP contribution >= 0.6 is 0 Å². The van der Waals surface area contributed by atoms with E-state index < -0.39 is 6.61 Å². The highest BCUT2D eigenvalue weighted by molar-refractivity contribution is 5.90. The number of hydrogen-bond donors (Lipinski definition) is 0. The molecule has 0 spiro atoms. The monoisotopic (exact) mass is 372 g/mol. The summed E-state index contributed by atoms with van der Waals surface area (Å²) in [7, 11) is 0. The van der Waals surface area contributed by atoms with Gasteiger partial charge in [-0.2, -0.15) is 8.78 Å². The van der Waals surface area contributed by atoms with E-state index in [9.17, 15) is 8.78 Å². The molecule has 1 saturated carbocycles. The number of benzene rings is 2. The summed E-state index contributed by atoms with van der Waals surface area (Å²) in [6.07, 6.45) is 10.9. The minimum absolute atomic E-state index is 0.322. The molecule has 27 heavy (non-hydrogen) atoms. The van der Waals surface area contributed by atoms with E-state index in [0.29, 0.717) is 18.1 Å². The number of rotatable bonds is 8. The Bertz CT molecular complexity index is 760. The predicted octanol–water partition coefficient (Wildman–Crippen LogP) is 7.63. The highest BCUT2D eigenvalue weighted by Gasteiger charge is 2.22. The number of ether oxygens (including phenoxy) is 1. The zero-order valence-electron chi connectivity index (χ0n) is 16.2. The molecule has 146 valence electrons. The molecule has 0 aromatic heterocycles. The summed E-state index contributed by atoms with van der Waals surface area (Å²) < 4.78 is 30.9. The van der Waals surface area contributed by atoms with E-state index in [-0.39, 0.29) is 0 Å². The van der Waals surface area contributed by atoms with Crippen molar-refractivity contribution in [1.82, 2.24) is 0 Å². The summed E-state index contributed by atoms with van der Waals surface area (Å²) >= 11 is 0. The lowest BCUT2D eigenvalue weighted by molar-refractivity contribution is -0.0493. The van der Waals surface area contributed by atoms with Gasteiger partial charge in [-0.1, -0.05) is 56.2 Å². The Morgan fingerprint density at radius 2 is 1.93 bits per heavy atom. The van der Waals surface area contributed by atoms with Crippen LogP contribution in [0.5, 0.6) is 5.75 Å². The molecule has 0 radical (unpaired) electrons. The first kappa shape index (κ1) is 19.9. The second-order valence-electron chi connectivity index (χ2n) is 7.75. The van der Waals surface area contributed by atoms with Crippen molar-refractivity contribution in [3.05, 3.63) is 54.1 Å². The van der Waals surface area contributed by atoms with Crippen LogP contribution in [0, 0.1) is 5.92 Å². The normalized spacial score (nSPS) is 20.1. The van der Waals surface area contributed by atoms with Crippen LogP contribution in [0.3, 0.4) is 0 Å². The highest BCUT2D eigenvalue weighted by Crippen LogP contribution is 2.40. The van der Waals surface area contributed by atoms with Crippen molar-refractivity contribution in [2.24, 2.45) is 5.92 Å². The van der Waals surface area contributed by atoms with E-state index in [2.05, 4.69) is 25.6 Å². The maximum absolute atomic E-state index is 13.0. The Hall–Kier alpha value is -1.90. The van der Waals surface area contributed by atoms with Gasteiger partial charge in [0.1, 0.15) is 5.75 Å². The maximum atomic E-state index is 13.0. The molecule has 0 saturated heterocycles. The van der Waals surface area contributed by atoms with Crippen LogP contribution in [-0.2, 0) is 6.42 Å². The van der Waals surface area contributed by atoms with E-state index in [1.165, 1.54) is 44.1 Å². The van der Waals surface area contributed by atoms with E-state index in [0.717, 1.165) is 28.7 Å². The molecule has 0 aliphatic heterocycles. The van der Waals surface area contributed by atoms with Gasteiger partial charge in [0.05, 0.1) is 0 Å². The topological polar surface area (TPSA) is 9.23 Å². The van der Waals surface area contributed by atoms with Gasteiger partial charge in [0.25, 0.3) is 0 Å². The number of fused-ring (bicyclic) bond motifs is 1. The number of aryl methyl sites for hydroxylation is 1. The van der Waals surface area contributed by atoms with Crippen molar-refractivity contribution in [2.75, 3.05) is 0 Å². The standard InChI is InChI=1S/C24H30F2O/c1-3-5-7-19-12-13-21-16-20(14-15-22(21)23(19)27-24(25)26)18-10-8-17(6-4-2)9-11-18/h3,12-18,24H,1,4-11H2,2H3. The third kappa shape index (κ3) is 4.88. The average Bonchev–Trinajstić information content (AvgIpc) is 2.67. The van der Waals surface area contributed by atoms with Gasteiger partial charge in [-0.25, -0.2) is 0 Å². The predicted molar refractivity (Wildman–Crippen MR) is 109 cm³/mol. The van der Waals surface area contributed by atoms with Crippen LogP contribution in [0.15, 0.2) is 43.0 Å². The zero-order valence-corrected chi connectivity index (χ0v) is 16.2. The smallest absolute Gasteiger partial charge is 0.387 e. The number of halogens is 2. The Morgan fingerprint density at radius 1 is 1.15 bits per heavy atom. The first-order valence-electron chi connectivity index (χ1n) is 10.2. The van der Waals surface area contributed by atoms with Gasteiger partial charge >= 0.3 is 6.61 Å². The second kappa shape index (κ2) is 9.34. The van der Waals surface area contributed by atoms with Crippen LogP contribution in [-0.4, -0.2) is 6.61 Å². The lowest BCUT2D eigenvalue weighted by Crippen LogP contribution is -2.13. The number of hydrogen-bond acceptors (Lipinski definition) is 1. The Labute approximate surface area is 161 Å². The minimum atomic E-state index is -2.81. The van der Waals surface area contributed by atoms with Crippen LogP contribution < -0.4 is 4.74 Å². The quantitative estimate of drug-likeness (QED) is 0.433. The largest absolute Gasteiger partial charge is 0.434 e. The fraction of sp³-hybridized carbons (Fsp3) is 0.500. The molecular formula is C24H30F2O. The van der Waals surface area contributed by atoms with Gasteiger partial charge in [-0.15, -0.1) is 6.58 Å². The molecule has 0 amide bonds. The minimum Gasteiger partial charge on any atom is -0.434 e. The summed E-state index contributed by atoms with van der Waals surface area (Å²) in [6.45, 7) is 3.17. The van der Waals surface area contributed by atoms with Gasteiger partial charge in [-0.3, -0.25) is 0 Å². The summed E-state index contributed by atoms with van der Waals surface area (Å²) in [4.78, 5) is 0. The summed E-state index contributed by atoms with van der Waals surface area (Å²) in [5.41, 5.74) is 2.15. The lowest BCUT2D eigenvalue weighted by Gasteiger charge is -2.29. The Morgan fingerprint density at radius 3 is 2.59 bits per heavy atom. The Balaban J connectivity index is 1.86. The van der Waals surface area contributed by atoms with Crippen LogP contribution in [0.2, 0.25) is 0 Å². The van der Waals surface area contributed by atoms with Crippen molar-refractivity contribution < 1.29 is 13.5 Å². The fourth-order valence-corrected chi connectivity index (χ4v) is 4.49. The maximum Gasteiger partial charge on any atom is 0.387 e. The summed E-state index contributed by atoms with van der Waals surface area (Å²) in [6, 6.07) is 10.2. The van der Waals surface area contributed by atoms with Crippen molar-refractivity contribution in [2.45, 2.75) is 70.8 Å². The van der Waals surface area contributed by atoms with Crippen LogP contribution in [0.25, 0.3) is 10.8 Å². The number of allylic oxidation sites excluding steroid dienone is 1. The van der Waals surface area contributed by atoms with E-state index in [1.807, 2.05) is 18.2 Å². The lowest BCUT2D eigenvalue weighted by atomic mass is 9.77. The molecule has 3 rings (SSSR count). The molecule has 3 heteroatoms. The molecule has 2 aromatic carbocycles. The average molecular weight is 372 g/mol. The Kier molecular flexibility index (Phi) is 6.87. The van der Waals surface area contributed by atoms with Gasteiger partial charge < -0.3 is 4.74 Å². The summed E-state index contributed by atoms with van der Waals surface area (Å²) in [5.74, 6) is 1.79. The molecule has 0 N–H and O–H groups in total. The van der Waals surface area contributed by atoms with E-state index in [4.69, 9.17) is 4.74 Å². The first-order chi connectivity index (χ1) is 13.1. The molecule has 0 unspecified atom stereocenters. The second-order valence-corrected chi connectivity index (χ2v) is 7.75. The van der Waals surface area contributed by atoms with Crippen molar-refractivity contribution in [1.29, 1.82) is 0 Å². The van der Waals surface area contributed by atoms with Gasteiger partial charge in [0.15, 0.2) is 0 Å². The van der Waals surface area contributed by atoms with Crippen molar-refractivity contribution in [3.8, 4) is 5.75 Å². The van der Waals surface area contributed by atoms with Crippen LogP contribution in [0.4, 0.5) is 8.78 Å². The molecule has 1 nitrogen and oxygen atoms in total. The van der Waals surface area contributed by atoms with Crippen molar-refractivity contribution in [3.63, 3.8) is 0 Å². The molecule has 2 aromatic rings. The summed E-state index contributed by atoms with van der Waals surface area (Å²) in [5, 5.41) is 1.77. The number of alkyl halides is 2. The van der Waals surface area contributed by atoms with Gasteiger partial charge in [0.2, 0.25) is 0 Å². The molecule has 0 bridgehead atoms. The van der Waals surface area contributed by atoms with Gasteiger partial charge in [0, 0.05) is 5.39 Å². The molecule has 1 aliphatic carbocycles. The fourth-order valence-electron chi connectivity index (χ4n) is 4.49. The zero-order chi connectivity index (χ0) is 19.2. The van der Waals surface area contributed by atoms with Crippen molar-refractivity contribution >= 4 is 10.8 Å². The van der Waals surface area contributed by atoms with Gasteiger partial charge in [-0.05, 0) is 66.9 Å². The molecule has 0 heterocycles. The third-order valence-electron chi connectivity index (χ3n) is 5.92. The molecular weight excluding hydrogens is 342 g/mol. The van der Waals surface area contributed by atoms with E-state index in [1.54, 1.807) is 6.08 Å². The third-order valence-corrected chi connectivity index (χ3v) is 5.92. The first-order valence-corrected chi connectivity index (χ1v) is 10.2. The van der Waals surface area contributed by atoms with Crippen LogP contribution in [0.1, 0.15) is 68.9 Å². The molecule has 1 aliphatic rings. The SMILES string of the molecule is C=CCCc1ccc2cc(C3CCC(CCC)CC3)ccc2c1OC(F)F. The highest BCUT2D eigenvalue weighted by atomic mass is 19.3. The molecule has 0 atom stereocenters. The van der Waals surface area contributed by atoms with E-state index >= 15 is 0 Å².